The third kappa shape index (κ3) is 10.3. The van der Waals surface area contributed by atoms with E-state index in [0.29, 0.717) is 0 Å². The second-order valence-corrected chi connectivity index (χ2v) is 13.1. The van der Waals surface area contributed by atoms with E-state index < -0.39 is 52.7 Å². The fourth-order valence-corrected chi connectivity index (χ4v) is 5.73. The molecule has 4 aromatic rings. The molecule has 254 valence electrons. The highest BCUT2D eigenvalue weighted by Gasteiger charge is 2.34. The number of rotatable bonds is 17. The van der Waals surface area contributed by atoms with Crippen molar-refractivity contribution < 1.29 is 28.8 Å². The van der Waals surface area contributed by atoms with Gasteiger partial charge >= 0.3 is 0 Å². The molecular weight excluding hydrogens is 618 g/mol. The van der Waals surface area contributed by atoms with Crippen LogP contribution in [0.5, 0.6) is 0 Å². The lowest BCUT2D eigenvalue weighted by atomic mass is 9.84. The molecule has 9 nitrogen and oxygen atoms in total. The van der Waals surface area contributed by atoms with Gasteiger partial charge in [-0.1, -0.05) is 117 Å². The third-order valence-corrected chi connectivity index (χ3v) is 8.67. The minimum Gasteiger partial charge on any atom is -0.369 e. The van der Waals surface area contributed by atoms with Crippen LogP contribution in [0.3, 0.4) is 0 Å². The van der Waals surface area contributed by atoms with E-state index in [4.69, 9.17) is 5.73 Å². The van der Waals surface area contributed by atoms with Gasteiger partial charge in [0.2, 0.25) is 17.6 Å². The SMILES string of the molecule is CC(NC(=O)[C@@H](CC(=O)Cc1ccccc1)Cc1cccc2ccccc12)C(=O)C(=O)N[C@@H](Cc1ccccc1)C(=O)CC(C)(C)C(N)=O. The maximum atomic E-state index is 13.8. The summed E-state index contributed by atoms with van der Waals surface area (Å²) in [6.45, 7) is 4.47. The topological polar surface area (TPSA) is 152 Å². The molecule has 0 bridgehead atoms. The van der Waals surface area contributed by atoms with Crippen molar-refractivity contribution in [2.45, 2.75) is 65.0 Å². The zero-order valence-corrected chi connectivity index (χ0v) is 28.1. The molecule has 4 aromatic carbocycles. The number of carbonyl (C=O) groups is 6. The molecule has 0 spiro atoms. The minimum atomic E-state index is -1.25. The number of hydrogen-bond acceptors (Lipinski definition) is 6. The molecule has 3 atom stereocenters. The number of Topliss-reactive ketones (excluding diaryl/α,β-unsaturated/α-hetero) is 3. The summed E-state index contributed by atoms with van der Waals surface area (Å²) in [5.74, 6) is -4.62. The van der Waals surface area contributed by atoms with E-state index in [1.807, 2.05) is 78.9 Å². The van der Waals surface area contributed by atoms with Crippen LogP contribution in [-0.4, -0.2) is 47.2 Å². The second-order valence-electron chi connectivity index (χ2n) is 13.1. The van der Waals surface area contributed by atoms with Gasteiger partial charge in [0.05, 0.1) is 17.5 Å². The summed E-state index contributed by atoms with van der Waals surface area (Å²) in [5, 5.41) is 7.14. The van der Waals surface area contributed by atoms with Gasteiger partial charge in [0.15, 0.2) is 5.78 Å². The van der Waals surface area contributed by atoms with Gasteiger partial charge in [-0.3, -0.25) is 28.8 Å². The molecule has 4 N–H and O–H groups in total. The Bertz CT molecular complexity index is 1810. The molecular formula is C40H43N3O6. The van der Waals surface area contributed by atoms with E-state index >= 15 is 0 Å². The fraction of sp³-hybridized carbons (Fsp3) is 0.300. The van der Waals surface area contributed by atoms with Gasteiger partial charge < -0.3 is 16.4 Å². The number of ketones is 3. The van der Waals surface area contributed by atoms with Crippen LogP contribution in [0.25, 0.3) is 10.8 Å². The Hall–Kier alpha value is -5.44. The lowest BCUT2D eigenvalue weighted by Crippen LogP contribution is -2.52. The first-order valence-electron chi connectivity index (χ1n) is 16.4. The number of amides is 3. The molecule has 0 aromatic heterocycles. The van der Waals surface area contributed by atoms with Crippen LogP contribution in [-0.2, 0) is 48.0 Å². The number of benzene rings is 4. The Kier molecular flexibility index (Phi) is 12.3. The van der Waals surface area contributed by atoms with E-state index in [2.05, 4.69) is 10.6 Å². The van der Waals surface area contributed by atoms with Crippen molar-refractivity contribution in [2.24, 2.45) is 17.1 Å². The number of fused-ring (bicyclic) bond motifs is 1. The summed E-state index contributed by atoms with van der Waals surface area (Å²) < 4.78 is 0. The minimum absolute atomic E-state index is 0.0691. The third-order valence-electron chi connectivity index (χ3n) is 8.67. The Morgan fingerprint density at radius 1 is 0.714 bits per heavy atom. The smallest absolute Gasteiger partial charge is 0.290 e. The van der Waals surface area contributed by atoms with Gasteiger partial charge in [-0.2, -0.15) is 0 Å². The molecule has 3 amide bonds. The van der Waals surface area contributed by atoms with Crippen molar-refractivity contribution in [2.75, 3.05) is 0 Å². The second kappa shape index (κ2) is 16.6. The summed E-state index contributed by atoms with van der Waals surface area (Å²) in [6, 6.07) is 29.4. The average Bonchev–Trinajstić information content (AvgIpc) is 3.08. The van der Waals surface area contributed by atoms with Crippen LogP contribution in [0.2, 0.25) is 0 Å². The molecule has 0 fully saturated rings. The molecule has 0 aliphatic rings. The average molecular weight is 662 g/mol. The number of hydrogen-bond donors (Lipinski definition) is 3. The van der Waals surface area contributed by atoms with E-state index in [0.717, 1.165) is 27.5 Å². The first-order valence-corrected chi connectivity index (χ1v) is 16.4. The molecule has 4 rings (SSSR count). The largest absolute Gasteiger partial charge is 0.369 e. The molecule has 0 heterocycles. The highest BCUT2D eigenvalue weighted by molar-refractivity contribution is 6.38. The van der Waals surface area contributed by atoms with Gasteiger partial charge in [-0.15, -0.1) is 0 Å². The van der Waals surface area contributed by atoms with Gasteiger partial charge in [0, 0.05) is 25.2 Å². The van der Waals surface area contributed by atoms with Gasteiger partial charge in [0.1, 0.15) is 5.78 Å². The highest BCUT2D eigenvalue weighted by atomic mass is 16.2. The normalized spacial score (nSPS) is 13.1. The van der Waals surface area contributed by atoms with E-state index in [1.165, 1.54) is 20.8 Å². The molecule has 0 aliphatic carbocycles. The van der Waals surface area contributed by atoms with Crippen molar-refractivity contribution in [1.82, 2.24) is 10.6 Å². The summed E-state index contributed by atoms with van der Waals surface area (Å²) in [6.07, 6.45) is 0.170. The first kappa shape index (κ1) is 36.4. The zero-order chi connectivity index (χ0) is 35.6. The van der Waals surface area contributed by atoms with Crippen molar-refractivity contribution in [1.29, 1.82) is 0 Å². The van der Waals surface area contributed by atoms with Crippen LogP contribution >= 0.6 is 0 Å². The maximum Gasteiger partial charge on any atom is 0.290 e. The molecule has 1 unspecified atom stereocenters. The Morgan fingerprint density at radius 3 is 1.96 bits per heavy atom. The van der Waals surface area contributed by atoms with Crippen molar-refractivity contribution in [3.8, 4) is 0 Å². The van der Waals surface area contributed by atoms with Gasteiger partial charge in [0.25, 0.3) is 5.91 Å². The van der Waals surface area contributed by atoms with Crippen LogP contribution in [0.4, 0.5) is 0 Å². The fourth-order valence-electron chi connectivity index (χ4n) is 5.73. The zero-order valence-electron chi connectivity index (χ0n) is 28.1. The number of nitrogens with two attached hydrogens (primary N) is 1. The van der Waals surface area contributed by atoms with Crippen molar-refractivity contribution >= 4 is 45.8 Å². The molecule has 0 saturated carbocycles. The summed E-state index contributed by atoms with van der Waals surface area (Å²) in [7, 11) is 0. The van der Waals surface area contributed by atoms with Gasteiger partial charge in [-0.25, -0.2) is 0 Å². The number of primary amides is 1. The van der Waals surface area contributed by atoms with Crippen molar-refractivity contribution in [3.63, 3.8) is 0 Å². The Labute approximate surface area is 286 Å². The predicted octanol–water partition coefficient (Wildman–Crippen LogP) is 4.47. The summed E-state index contributed by atoms with van der Waals surface area (Å²) >= 11 is 0. The predicted molar refractivity (Wildman–Crippen MR) is 188 cm³/mol. The van der Waals surface area contributed by atoms with Crippen molar-refractivity contribution in [3.05, 3.63) is 120 Å². The first-order chi connectivity index (χ1) is 23.3. The quantitative estimate of drug-likeness (QED) is 0.142. The van der Waals surface area contributed by atoms with E-state index in [9.17, 15) is 28.8 Å². The van der Waals surface area contributed by atoms with E-state index in [-0.39, 0.29) is 37.9 Å². The Morgan fingerprint density at radius 2 is 1.31 bits per heavy atom. The lowest BCUT2D eigenvalue weighted by Gasteiger charge is -2.24. The molecule has 9 heteroatoms. The standard InChI is InChI=1S/C40H43N3O6/c1-26(36(46)38(48)43-34(22-28-15-8-5-9-16-28)35(45)25-40(2,3)39(41)49)42-37(47)31(24-32(44)21-27-13-6-4-7-14-27)23-30-19-12-18-29-17-10-11-20-33(29)30/h4-20,26,31,34H,21-25H2,1-3H3,(H2,41,49)(H,42,47)(H,43,48)/t26?,31-,34+/m1/s1. The lowest BCUT2D eigenvalue weighted by molar-refractivity contribution is -0.141. The monoisotopic (exact) mass is 661 g/mol. The highest BCUT2D eigenvalue weighted by Crippen LogP contribution is 2.24. The summed E-state index contributed by atoms with van der Waals surface area (Å²) in [4.78, 5) is 78.8. The van der Waals surface area contributed by atoms with E-state index in [1.54, 1.807) is 24.3 Å². The molecule has 0 aliphatic heterocycles. The van der Waals surface area contributed by atoms with Crippen LogP contribution in [0.1, 0.15) is 50.3 Å². The maximum absolute atomic E-state index is 13.8. The van der Waals surface area contributed by atoms with Crippen LogP contribution < -0.4 is 16.4 Å². The molecule has 0 saturated heterocycles. The van der Waals surface area contributed by atoms with Gasteiger partial charge in [-0.05, 0) is 47.2 Å². The number of nitrogens with one attached hydrogen (secondary N) is 2. The van der Waals surface area contributed by atoms with Crippen LogP contribution in [0.15, 0.2) is 103 Å². The Balaban J connectivity index is 1.50. The van der Waals surface area contributed by atoms with Crippen LogP contribution in [0, 0.1) is 11.3 Å². The number of carbonyl (C=O) groups excluding carboxylic acids is 6. The molecule has 49 heavy (non-hydrogen) atoms. The molecule has 0 radical (unpaired) electrons. The summed E-state index contributed by atoms with van der Waals surface area (Å²) in [5.41, 5.74) is 6.76.